The molecule has 112 valence electrons. The molecule has 0 aliphatic carbocycles. The maximum Gasteiger partial charge on any atom is 0.261 e. The van der Waals surface area contributed by atoms with Crippen LogP contribution in [0.15, 0.2) is 12.1 Å². The van der Waals surface area contributed by atoms with E-state index >= 15 is 0 Å². The molecule has 1 amide bonds. The van der Waals surface area contributed by atoms with Gasteiger partial charge in [0.05, 0.1) is 26.9 Å². The molecule has 0 bridgehead atoms. The van der Waals surface area contributed by atoms with Crippen molar-refractivity contribution in [3.05, 3.63) is 22.7 Å². The van der Waals surface area contributed by atoms with Crippen LogP contribution in [0.3, 0.4) is 0 Å². The van der Waals surface area contributed by atoms with Crippen LogP contribution in [0.4, 0.5) is 5.13 Å². The van der Waals surface area contributed by atoms with E-state index in [4.69, 9.17) is 14.2 Å². The zero-order chi connectivity index (χ0) is 15.4. The van der Waals surface area contributed by atoms with E-state index in [1.807, 2.05) is 6.92 Å². The zero-order valence-electron chi connectivity index (χ0n) is 12.1. The predicted octanol–water partition coefficient (Wildman–Crippen LogP) is 2.12. The van der Waals surface area contributed by atoms with Crippen LogP contribution in [-0.2, 0) is 0 Å². The van der Waals surface area contributed by atoms with E-state index < -0.39 is 0 Å². The maximum absolute atomic E-state index is 12.3. The van der Waals surface area contributed by atoms with Crippen molar-refractivity contribution in [3.8, 4) is 17.2 Å². The molecule has 0 saturated heterocycles. The smallest absolute Gasteiger partial charge is 0.261 e. The van der Waals surface area contributed by atoms with Crippen molar-refractivity contribution >= 4 is 22.4 Å². The minimum Gasteiger partial charge on any atom is -0.496 e. The number of carbonyl (C=O) groups is 1. The summed E-state index contributed by atoms with van der Waals surface area (Å²) in [6.07, 6.45) is 0. The standard InChI is InChI=1S/C13H15N3O4S/c1-7-15-16-13(21-7)14-12(17)8-5-10(19-3)11(20-4)6-9(8)18-2/h5-6H,1-4H3,(H,14,16,17). The Labute approximate surface area is 125 Å². The van der Waals surface area contributed by atoms with Gasteiger partial charge in [-0.25, -0.2) is 0 Å². The summed E-state index contributed by atoms with van der Waals surface area (Å²) in [4.78, 5) is 12.3. The molecule has 1 N–H and O–H groups in total. The molecule has 2 aromatic rings. The van der Waals surface area contributed by atoms with E-state index in [0.29, 0.717) is 27.9 Å². The van der Waals surface area contributed by atoms with E-state index in [1.165, 1.54) is 32.7 Å². The van der Waals surface area contributed by atoms with E-state index in [-0.39, 0.29) is 5.91 Å². The number of aromatic nitrogens is 2. The van der Waals surface area contributed by atoms with Gasteiger partial charge in [-0.15, -0.1) is 10.2 Å². The van der Waals surface area contributed by atoms with E-state index in [9.17, 15) is 4.79 Å². The minimum atomic E-state index is -0.357. The molecule has 0 unspecified atom stereocenters. The molecule has 1 heterocycles. The number of benzene rings is 1. The summed E-state index contributed by atoms with van der Waals surface area (Å²) in [5, 5.41) is 11.6. The summed E-state index contributed by atoms with van der Waals surface area (Å²) in [7, 11) is 4.49. The molecule has 21 heavy (non-hydrogen) atoms. The average molecular weight is 309 g/mol. The van der Waals surface area contributed by atoms with Crippen LogP contribution >= 0.6 is 11.3 Å². The Hall–Kier alpha value is -2.35. The van der Waals surface area contributed by atoms with Gasteiger partial charge in [-0.2, -0.15) is 0 Å². The number of hydrogen-bond donors (Lipinski definition) is 1. The van der Waals surface area contributed by atoms with Gasteiger partial charge in [0.15, 0.2) is 11.5 Å². The summed E-state index contributed by atoms with van der Waals surface area (Å²) in [6.45, 7) is 1.81. The topological polar surface area (TPSA) is 82.6 Å². The number of ether oxygens (including phenoxy) is 3. The van der Waals surface area contributed by atoms with Crippen molar-refractivity contribution in [1.29, 1.82) is 0 Å². The van der Waals surface area contributed by atoms with Crippen molar-refractivity contribution in [2.24, 2.45) is 0 Å². The monoisotopic (exact) mass is 309 g/mol. The Morgan fingerprint density at radius 3 is 2.19 bits per heavy atom. The van der Waals surface area contributed by atoms with Gasteiger partial charge in [-0.1, -0.05) is 11.3 Å². The Morgan fingerprint density at radius 2 is 1.67 bits per heavy atom. The summed E-state index contributed by atoms with van der Waals surface area (Å²) >= 11 is 1.29. The van der Waals surface area contributed by atoms with Crippen molar-refractivity contribution in [3.63, 3.8) is 0 Å². The summed E-state index contributed by atoms with van der Waals surface area (Å²) in [5.74, 6) is 0.949. The second-order valence-corrected chi connectivity index (χ2v) is 5.17. The third-order valence-corrected chi connectivity index (χ3v) is 3.45. The molecular weight excluding hydrogens is 294 g/mol. The molecule has 0 atom stereocenters. The molecule has 0 aliphatic heterocycles. The van der Waals surface area contributed by atoms with Crippen LogP contribution < -0.4 is 19.5 Å². The number of amides is 1. The molecule has 2 rings (SSSR count). The van der Waals surface area contributed by atoms with Gasteiger partial charge in [-0.05, 0) is 6.92 Å². The Kier molecular flexibility index (Phi) is 4.59. The number of nitrogens with zero attached hydrogens (tertiary/aromatic N) is 2. The number of methoxy groups -OCH3 is 3. The molecule has 0 radical (unpaired) electrons. The van der Waals surface area contributed by atoms with Crippen LogP contribution in [0, 0.1) is 6.92 Å². The fraction of sp³-hybridized carbons (Fsp3) is 0.308. The number of aryl methyl sites for hydroxylation is 1. The van der Waals surface area contributed by atoms with Crippen molar-refractivity contribution in [1.82, 2.24) is 10.2 Å². The fourth-order valence-corrected chi connectivity index (χ4v) is 2.31. The lowest BCUT2D eigenvalue weighted by Gasteiger charge is -2.13. The Bertz CT molecular complexity index is 657. The van der Waals surface area contributed by atoms with Gasteiger partial charge >= 0.3 is 0 Å². The van der Waals surface area contributed by atoms with Gasteiger partial charge < -0.3 is 14.2 Å². The normalized spacial score (nSPS) is 10.1. The number of nitrogens with one attached hydrogen (secondary N) is 1. The predicted molar refractivity (Wildman–Crippen MR) is 78.7 cm³/mol. The highest BCUT2D eigenvalue weighted by Crippen LogP contribution is 2.35. The number of anilines is 1. The molecule has 0 spiro atoms. The molecule has 1 aromatic heterocycles. The highest BCUT2D eigenvalue weighted by Gasteiger charge is 2.18. The van der Waals surface area contributed by atoms with Crippen LogP contribution in [0.25, 0.3) is 0 Å². The van der Waals surface area contributed by atoms with E-state index in [0.717, 1.165) is 5.01 Å². The second kappa shape index (κ2) is 6.40. The fourth-order valence-electron chi connectivity index (χ4n) is 1.72. The van der Waals surface area contributed by atoms with Gasteiger partial charge in [0, 0.05) is 12.1 Å². The first-order valence-electron chi connectivity index (χ1n) is 6.00. The van der Waals surface area contributed by atoms with Gasteiger partial charge in [0.1, 0.15) is 10.8 Å². The lowest BCUT2D eigenvalue weighted by molar-refractivity contribution is 0.102. The molecule has 0 saturated carbocycles. The molecule has 0 fully saturated rings. The molecule has 7 nitrogen and oxygen atoms in total. The second-order valence-electron chi connectivity index (χ2n) is 3.99. The Morgan fingerprint density at radius 1 is 1.05 bits per heavy atom. The summed E-state index contributed by atoms with van der Waals surface area (Å²) in [6, 6.07) is 3.15. The van der Waals surface area contributed by atoms with Gasteiger partial charge in [0.25, 0.3) is 5.91 Å². The number of rotatable bonds is 5. The number of carbonyl (C=O) groups excluding carboxylic acids is 1. The molecular formula is C13H15N3O4S. The van der Waals surface area contributed by atoms with Crippen LogP contribution in [-0.4, -0.2) is 37.4 Å². The molecule has 8 heteroatoms. The summed E-state index contributed by atoms with van der Waals surface area (Å²) in [5.41, 5.74) is 0.322. The van der Waals surface area contributed by atoms with Crippen molar-refractivity contribution in [2.45, 2.75) is 6.92 Å². The number of hydrogen-bond acceptors (Lipinski definition) is 7. The third kappa shape index (κ3) is 3.22. The first-order chi connectivity index (χ1) is 10.1. The summed E-state index contributed by atoms with van der Waals surface area (Å²) < 4.78 is 15.6. The third-order valence-electron chi connectivity index (χ3n) is 2.70. The highest BCUT2D eigenvalue weighted by molar-refractivity contribution is 7.15. The van der Waals surface area contributed by atoms with Gasteiger partial charge in [0.2, 0.25) is 5.13 Å². The first-order valence-corrected chi connectivity index (χ1v) is 6.82. The molecule has 0 aliphatic rings. The lowest BCUT2D eigenvalue weighted by atomic mass is 10.1. The maximum atomic E-state index is 12.3. The highest BCUT2D eigenvalue weighted by atomic mass is 32.1. The van der Waals surface area contributed by atoms with Gasteiger partial charge in [-0.3, -0.25) is 10.1 Å². The lowest BCUT2D eigenvalue weighted by Crippen LogP contribution is -2.13. The van der Waals surface area contributed by atoms with E-state index in [2.05, 4.69) is 15.5 Å². The average Bonchev–Trinajstić information content (AvgIpc) is 2.90. The minimum absolute atomic E-state index is 0.322. The molecule has 1 aromatic carbocycles. The Balaban J connectivity index is 2.34. The largest absolute Gasteiger partial charge is 0.496 e. The van der Waals surface area contributed by atoms with Crippen LogP contribution in [0.1, 0.15) is 15.4 Å². The van der Waals surface area contributed by atoms with Crippen molar-refractivity contribution in [2.75, 3.05) is 26.6 Å². The first kappa shape index (κ1) is 15.0. The van der Waals surface area contributed by atoms with Crippen molar-refractivity contribution < 1.29 is 19.0 Å². The SMILES string of the molecule is COc1cc(OC)c(C(=O)Nc2nnc(C)s2)cc1OC. The van der Waals surface area contributed by atoms with Crippen LogP contribution in [0.5, 0.6) is 17.2 Å². The van der Waals surface area contributed by atoms with E-state index in [1.54, 1.807) is 12.1 Å². The zero-order valence-corrected chi connectivity index (χ0v) is 12.9. The van der Waals surface area contributed by atoms with Crippen LogP contribution in [0.2, 0.25) is 0 Å². The quantitative estimate of drug-likeness (QED) is 0.911.